The molecule has 0 aliphatic heterocycles. The molecular weight excluding hydrogens is 853 g/mol. The van der Waals surface area contributed by atoms with Crippen LogP contribution in [0.5, 0.6) is 0 Å². The van der Waals surface area contributed by atoms with E-state index in [0.29, 0.717) is 17.5 Å². The van der Waals surface area contributed by atoms with Crippen LogP contribution in [-0.4, -0.2) is 19.5 Å². The first kappa shape index (κ1) is 41.0. The third kappa shape index (κ3) is 7.41. The van der Waals surface area contributed by atoms with Gasteiger partial charge in [0.05, 0.1) is 11.0 Å². The molecule has 0 bridgehead atoms. The lowest BCUT2D eigenvalue weighted by Crippen LogP contribution is -2.03. The molecule has 70 heavy (non-hydrogen) atoms. The van der Waals surface area contributed by atoms with Crippen LogP contribution in [0.25, 0.3) is 117 Å². The topological polar surface area (TPSA) is 56.7 Å². The SMILES string of the molecule is c1ccc(-c2ccc(-c3ccccc3)c(-c3ccc(CCc4cccc5oc6cc7c8ccccc8n(-c8ccccc8)c7cc6c45)c(-c4nc(-c5ccccc5)nc(-c5ccccc5)n4)c3)c2)cc1. The van der Waals surface area contributed by atoms with Crippen molar-refractivity contribution in [1.82, 2.24) is 19.5 Å². The monoisotopic (exact) mass is 896 g/mol. The van der Waals surface area contributed by atoms with E-state index in [1.54, 1.807) is 0 Å². The smallest absolute Gasteiger partial charge is 0.164 e. The Labute approximate surface area is 405 Å². The molecule has 5 heteroatoms. The van der Waals surface area contributed by atoms with Crippen molar-refractivity contribution in [3.63, 3.8) is 0 Å². The Balaban J connectivity index is 0.989. The van der Waals surface area contributed by atoms with Gasteiger partial charge in [0.2, 0.25) is 0 Å². The van der Waals surface area contributed by atoms with Crippen molar-refractivity contribution in [1.29, 1.82) is 0 Å². The standard InChI is InChI=1S/C65H44N4O/c1-6-19-43(20-7-1)49-37-38-52(44-21-8-2-9-22-44)54(39-49)50-36-34-45(55(40-50)65-67-63(47-23-10-3-11-24-47)66-64(68-65)48-25-12-4-13-26-48)33-35-46-27-18-32-60-62(46)57-41-59-56(42-61(57)70-60)53-30-16-17-31-58(53)69(59)51-28-14-5-15-29-51/h1-32,34,36-42H,33,35H2. The fraction of sp³-hybridized carbons (Fsp3) is 0.0308. The summed E-state index contributed by atoms with van der Waals surface area (Å²) < 4.78 is 9.11. The summed E-state index contributed by atoms with van der Waals surface area (Å²) in [6.07, 6.45) is 1.50. The Morgan fingerprint density at radius 1 is 0.314 bits per heavy atom. The Morgan fingerprint density at radius 2 is 0.886 bits per heavy atom. The maximum Gasteiger partial charge on any atom is 0.164 e. The van der Waals surface area contributed by atoms with Gasteiger partial charge in [-0.1, -0.05) is 194 Å². The highest BCUT2D eigenvalue weighted by Gasteiger charge is 2.21. The van der Waals surface area contributed by atoms with Gasteiger partial charge in [-0.2, -0.15) is 0 Å². The molecule has 3 aromatic heterocycles. The van der Waals surface area contributed by atoms with Crippen molar-refractivity contribution in [2.24, 2.45) is 0 Å². The highest BCUT2D eigenvalue weighted by Crippen LogP contribution is 2.42. The number of rotatable bonds is 10. The van der Waals surface area contributed by atoms with E-state index in [2.05, 4.69) is 211 Å². The zero-order valence-electron chi connectivity index (χ0n) is 38.2. The maximum absolute atomic E-state index is 6.74. The Hall–Kier alpha value is -9.19. The Morgan fingerprint density at radius 3 is 1.59 bits per heavy atom. The highest BCUT2D eigenvalue weighted by atomic mass is 16.3. The molecule has 0 radical (unpaired) electrons. The van der Waals surface area contributed by atoms with E-state index in [4.69, 9.17) is 19.4 Å². The lowest BCUT2D eigenvalue weighted by molar-refractivity contribution is 0.669. The van der Waals surface area contributed by atoms with Gasteiger partial charge >= 0.3 is 0 Å². The average Bonchev–Trinajstić information content (AvgIpc) is 3.97. The van der Waals surface area contributed by atoms with Crippen molar-refractivity contribution in [3.8, 4) is 73.2 Å². The molecule has 0 fully saturated rings. The summed E-state index contributed by atoms with van der Waals surface area (Å²) in [5.74, 6) is 1.89. The van der Waals surface area contributed by atoms with E-state index in [1.165, 1.54) is 27.4 Å². The number of fused-ring (bicyclic) bond motifs is 6. The van der Waals surface area contributed by atoms with Gasteiger partial charge in [-0.3, -0.25) is 0 Å². The zero-order chi connectivity index (χ0) is 46.4. The minimum Gasteiger partial charge on any atom is -0.456 e. The number of benzene rings is 10. The molecule has 0 amide bonds. The molecule has 5 nitrogen and oxygen atoms in total. The molecule has 0 atom stereocenters. The second kappa shape index (κ2) is 17.5. The van der Waals surface area contributed by atoms with Crippen molar-refractivity contribution in [2.75, 3.05) is 0 Å². The highest BCUT2D eigenvalue weighted by molar-refractivity contribution is 6.17. The van der Waals surface area contributed by atoms with Gasteiger partial charge in [0.1, 0.15) is 11.2 Å². The van der Waals surface area contributed by atoms with E-state index in [1.807, 2.05) is 36.4 Å². The molecule has 0 spiro atoms. The quantitative estimate of drug-likeness (QED) is 0.137. The Kier molecular flexibility index (Phi) is 10.2. The zero-order valence-corrected chi connectivity index (χ0v) is 38.2. The average molecular weight is 897 g/mol. The number of aromatic nitrogens is 4. The van der Waals surface area contributed by atoms with Gasteiger partial charge < -0.3 is 8.98 Å². The molecule has 3 heterocycles. The maximum atomic E-state index is 6.74. The van der Waals surface area contributed by atoms with Gasteiger partial charge in [-0.15, -0.1) is 0 Å². The van der Waals surface area contributed by atoms with Gasteiger partial charge in [0.15, 0.2) is 17.5 Å². The van der Waals surface area contributed by atoms with Crippen LogP contribution in [0.15, 0.2) is 247 Å². The minimum absolute atomic E-state index is 0.630. The molecule has 0 saturated heterocycles. The molecule has 330 valence electrons. The van der Waals surface area contributed by atoms with Gasteiger partial charge in [0.25, 0.3) is 0 Å². The van der Waals surface area contributed by atoms with Crippen LogP contribution in [0.3, 0.4) is 0 Å². The number of hydrogen-bond donors (Lipinski definition) is 0. The summed E-state index contributed by atoms with van der Waals surface area (Å²) in [5.41, 5.74) is 17.3. The van der Waals surface area contributed by atoms with Crippen molar-refractivity contribution in [2.45, 2.75) is 12.8 Å². The largest absolute Gasteiger partial charge is 0.456 e. The normalized spacial score (nSPS) is 11.5. The Bertz CT molecular complexity index is 3980. The summed E-state index contributed by atoms with van der Waals surface area (Å²) in [7, 11) is 0. The summed E-state index contributed by atoms with van der Waals surface area (Å²) >= 11 is 0. The molecule has 0 N–H and O–H groups in total. The van der Waals surface area contributed by atoms with Crippen molar-refractivity contribution < 1.29 is 4.42 Å². The third-order valence-electron chi connectivity index (χ3n) is 13.6. The van der Waals surface area contributed by atoms with E-state index in [-0.39, 0.29) is 0 Å². The molecule has 0 aliphatic carbocycles. The number of aryl methyl sites for hydroxylation is 2. The van der Waals surface area contributed by atoms with Crippen LogP contribution in [0.2, 0.25) is 0 Å². The fourth-order valence-corrected chi connectivity index (χ4v) is 10.3. The predicted octanol–water partition coefficient (Wildman–Crippen LogP) is 16.7. The lowest BCUT2D eigenvalue weighted by atomic mass is 9.88. The second-order valence-corrected chi connectivity index (χ2v) is 17.8. The molecule has 0 aliphatic rings. The van der Waals surface area contributed by atoms with E-state index >= 15 is 0 Å². The minimum atomic E-state index is 0.630. The molecule has 10 aromatic carbocycles. The summed E-state index contributed by atoms with van der Waals surface area (Å²) in [5, 5.41) is 4.62. The van der Waals surface area contributed by atoms with Gasteiger partial charge in [-0.05, 0) is 106 Å². The molecule has 0 saturated carbocycles. The summed E-state index contributed by atoms with van der Waals surface area (Å²) in [6.45, 7) is 0. The van der Waals surface area contributed by atoms with Crippen LogP contribution in [0.4, 0.5) is 0 Å². The summed E-state index contributed by atoms with van der Waals surface area (Å²) in [6, 6.07) is 85.7. The third-order valence-corrected chi connectivity index (χ3v) is 13.6. The van der Waals surface area contributed by atoms with Crippen LogP contribution in [0.1, 0.15) is 11.1 Å². The van der Waals surface area contributed by atoms with E-state index < -0.39 is 0 Å². The van der Waals surface area contributed by atoms with Crippen molar-refractivity contribution >= 4 is 43.7 Å². The van der Waals surface area contributed by atoms with Crippen LogP contribution >= 0.6 is 0 Å². The first-order valence-corrected chi connectivity index (χ1v) is 23.9. The summed E-state index contributed by atoms with van der Waals surface area (Å²) in [4.78, 5) is 15.7. The number of nitrogens with zero attached hydrogens (tertiary/aromatic N) is 4. The lowest BCUT2D eigenvalue weighted by Gasteiger charge is -2.17. The number of para-hydroxylation sites is 2. The first-order valence-electron chi connectivity index (χ1n) is 23.9. The number of furan rings is 1. The number of hydrogen-bond acceptors (Lipinski definition) is 4. The first-order chi connectivity index (χ1) is 34.7. The van der Waals surface area contributed by atoms with Crippen LogP contribution in [0, 0.1) is 0 Å². The second-order valence-electron chi connectivity index (χ2n) is 17.8. The molecule has 0 unspecified atom stereocenters. The van der Waals surface area contributed by atoms with Crippen LogP contribution < -0.4 is 0 Å². The van der Waals surface area contributed by atoms with E-state index in [0.717, 1.165) is 96.1 Å². The molecule has 13 rings (SSSR count). The van der Waals surface area contributed by atoms with Crippen LogP contribution in [-0.2, 0) is 12.8 Å². The van der Waals surface area contributed by atoms with Crippen molar-refractivity contribution in [3.05, 3.63) is 254 Å². The fourth-order valence-electron chi connectivity index (χ4n) is 10.3. The molecular formula is C65H44N4O. The van der Waals surface area contributed by atoms with E-state index in [9.17, 15) is 0 Å². The predicted molar refractivity (Wildman–Crippen MR) is 288 cm³/mol. The molecule has 13 aromatic rings. The van der Waals surface area contributed by atoms with Gasteiger partial charge in [-0.25, -0.2) is 15.0 Å². The van der Waals surface area contributed by atoms with Gasteiger partial charge in [0, 0.05) is 43.9 Å².